The molecule has 1 aromatic rings. The van der Waals surface area contributed by atoms with E-state index in [0.29, 0.717) is 6.04 Å². The highest BCUT2D eigenvalue weighted by Crippen LogP contribution is 2.19. The van der Waals surface area contributed by atoms with E-state index in [0.717, 1.165) is 13.0 Å². The van der Waals surface area contributed by atoms with Crippen molar-refractivity contribution in [2.75, 3.05) is 13.1 Å². The van der Waals surface area contributed by atoms with Crippen LogP contribution < -0.4 is 5.32 Å². The Bertz CT molecular complexity index is 272. The standard InChI is InChI=1S/C11H19N3/c1-2-10-7-13-9-14(10)11-5-3-4-6-12-8-11/h7,9,11-12H,2-6,8H2,1H3. The second kappa shape index (κ2) is 4.60. The van der Waals surface area contributed by atoms with Gasteiger partial charge in [-0.1, -0.05) is 13.3 Å². The first kappa shape index (κ1) is 9.71. The lowest BCUT2D eigenvalue weighted by Gasteiger charge is -2.18. The Kier molecular flexibility index (Phi) is 3.19. The molecule has 78 valence electrons. The van der Waals surface area contributed by atoms with E-state index in [2.05, 4.69) is 21.8 Å². The predicted molar refractivity (Wildman–Crippen MR) is 57.4 cm³/mol. The molecule has 1 unspecified atom stereocenters. The van der Waals surface area contributed by atoms with Crippen molar-refractivity contribution in [3.63, 3.8) is 0 Å². The zero-order valence-corrected chi connectivity index (χ0v) is 8.87. The quantitative estimate of drug-likeness (QED) is 0.775. The van der Waals surface area contributed by atoms with Crippen LogP contribution in [0.2, 0.25) is 0 Å². The maximum absolute atomic E-state index is 4.23. The molecule has 1 aliphatic heterocycles. The molecule has 1 fully saturated rings. The summed E-state index contributed by atoms with van der Waals surface area (Å²) < 4.78 is 2.35. The number of hydrogen-bond donors (Lipinski definition) is 1. The van der Waals surface area contributed by atoms with Gasteiger partial charge in [-0.3, -0.25) is 0 Å². The first-order valence-electron chi connectivity index (χ1n) is 5.63. The van der Waals surface area contributed by atoms with Crippen LogP contribution in [-0.2, 0) is 6.42 Å². The van der Waals surface area contributed by atoms with Crippen LogP contribution in [0.3, 0.4) is 0 Å². The fourth-order valence-electron chi connectivity index (χ4n) is 2.17. The van der Waals surface area contributed by atoms with Crippen molar-refractivity contribution in [3.8, 4) is 0 Å². The SMILES string of the molecule is CCc1cncn1C1CCCCNC1. The Balaban J connectivity index is 2.11. The smallest absolute Gasteiger partial charge is 0.0951 e. The summed E-state index contributed by atoms with van der Waals surface area (Å²) >= 11 is 0. The van der Waals surface area contributed by atoms with Crippen molar-refractivity contribution in [1.29, 1.82) is 0 Å². The normalized spacial score (nSPS) is 23.4. The summed E-state index contributed by atoms with van der Waals surface area (Å²) in [6.45, 7) is 4.47. The highest BCUT2D eigenvalue weighted by atomic mass is 15.1. The Hall–Kier alpha value is -0.830. The number of aromatic nitrogens is 2. The van der Waals surface area contributed by atoms with Crippen LogP contribution in [0.25, 0.3) is 0 Å². The minimum absolute atomic E-state index is 0.620. The fourth-order valence-corrected chi connectivity index (χ4v) is 2.17. The number of nitrogens with zero attached hydrogens (tertiary/aromatic N) is 2. The molecular weight excluding hydrogens is 174 g/mol. The summed E-state index contributed by atoms with van der Waals surface area (Å²) in [6, 6.07) is 0.620. The van der Waals surface area contributed by atoms with Gasteiger partial charge in [-0.25, -0.2) is 4.98 Å². The summed E-state index contributed by atoms with van der Waals surface area (Å²) in [5.74, 6) is 0. The van der Waals surface area contributed by atoms with E-state index in [-0.39, 0.29) is 0 Å². The van der Waals surface area contributed by atoms with Crippen molar-refractivity contribution in [2.24, 2.45) is 0 Å². The fraction of sp³-hybridized carbons (Fsp3) is 0.727. The summed E-state index contributed by atoms with van der Waals surface area (Å²) in [6.07, 6.45) is 8.99. The monoisotopic (exact) mass is 193 g/mol. The van der Waals surface area contributed by atoms with E-state index in [1.54, 1.807) is 0 Å². The van der Waals surface area contributed by atoms with Gasteiger partial charge in [0.15, 0.2) is 0 Å². The van der Waals surface area contributed by atoms with E-state index >= 15 is 0 Å². The molecule has 1 saturated heterocycles. The topological polar surface area (TPSA) is 29.9 Å². The number of nitrogens with one attached hydrogen (secondary N) is 1. The third-order valence-corrected chi connectivity index (χ3v) is 3.02. The first-order valence-corrected chi connectivity index (χ1v) is 5.63. The molecule has 1 aliphatic rings. The molecule has 0 saturated carbocycles. The average molecular weight is 193 g/mol. The average Bonchev–Trinajstić information content (AvgIpc) is 2.52. The molecule has 0 bridgehead atoms. The van der Waals surface area contributed by atoms with E-state index in [9.17, 15) is 0 Å². The van der Waals surface area contributed by atoms with Crippen molar-refractivity contribution < 1.29 is 0 Å². The third kappa shape index (κ3) is 1.98. The second-order valence-electron chi connectivity index (χ2n) is 4.00. The van der Waals surface area contributed by atoms with Crippen LogP contribution in [0.4, 0.5) is 0 Å². The Labute approximate surface area is 85.5 Å². The maximum atomic E-state index is 4.23. The van der Waals surface area contributed by atoms with Gasteiger partial charge in [0.2, 0.25) is 0 Å². The van der Waals surface area contributed by atoms with Crippen LogP contribution >= 0.6 is 0 Å². The molecule has 1 N–H and O–H groups in total. The highest BCUT2D eigenvalue weighted by molar-refractivity contribution is 5.00. The highest BCUT2D eigenvalue weighted by Gasteiger charge is 2.15. The molecule has 1 aromatic heterocycles. The van der Waals surface area contributed by atoms with Crippen LogP contribution in [0.15, 0.2) is 12.5 Å². The van der Waals surface area contributed by atoms with Gasteiger partial charge in [0.05, 0.1) is 6.33 Å². The lowest BCUT2D eigenvalue weighted by molar-refractivity contribution is 0.450. The third-order valence-electron chi connectivity index (χ3n) is 3.02. The first-order chi connectivity index (χ1) is 6.92. The molecule has 0 radical (unpaired) electrons. The van der Waals surface area contributed by atoms with Gasteiger partial charge in [0, 0.05) is 24.5 Å². The molecule has 3 heteroatoms. The second-order valence-corrected chi connectivity index (χ2v) is 4.00. The minimum Gasteiger partial charge on any atom is -0.330 e. The van der Waals surface area contributed by atoms with E-state index < -0.39 is 0 Å². The largest absolute Gasteiger partial charge is 0.330 e. The number of imidazole rings is 1. The molecular formula is C11H19N3. The molecule has 2 heterocycles. The Morgan fingerprint density at radius 1 is 1.57 bits per heavy atom. The summed E-state index contributed by atoms with van der Waals surface area (Å²) in [4.78, 5) is 4.23. The van der Waals surface area contributed by atoms with Crippen molar-refractivity contribution in [3.05, 3.63) is 18.2 Å². The molecule has 2 rings (SSSR count). The van der Waals surface area contributed by atoms with Crippen molar-refractivity contribution >= 4 is 0 Å². The Morgan fingerprint density at radius 2 is 2.50 bits per heavy atom. The zero-order valence-electron chi connectivity index (χ0n) is 8.87. The molecule has 0 spiro atoms. The number of rotatable bonds is 2. The van der Waals surface area contributed by atoms with E-state index in [4.69, 9.17) is 0 Å². The molecule has 0 amide bonds. The van der Waals surface area contributed by atoms with Crippen LogP contribution in [0, 0.1) is 0 Å². The summed E-state index contributed by atoms with van der Waals surface area (Å²) in [5, 5.41) is 3.49. The molecule has 14 heavy (non-hydrogen) atoms. The molecule has 0 aromatic carbocycles. The molecule has 0 aliphatic carbocycles. The van der Waals surface area contributed by atoms with Crippen molar-refractivity contribution in [2.45, 2.75) is 38.6 Å². The minimum atomic E-state index is 0.620. The molecule has 3 nitrogen and oxygen atoms in total. The lowest BCUT2D eigenvalue weighted by atomic mass is 10.1. The zero-order chi connectivity index (χ0) is 9.80. The van der Waals surface area contributed by atoms with Gasteiger partial charge in [0.25, 0.3) is 0 Å². The van der Waals surface area contributed by atoms with Crippen LogP contribution in [0.1, 0.15) is 37.9 Å². The van der Waals surface area contributed by atoms with Gasteiger partial charge in [0.1, 0.15) is 0 Å². The van der Waals surface area contributed by atoms with Crippen LogP contribution in [0.5, 0.6) is 0 Å². The predicted octanol–water partition coefficient (Wildman–Crippen LogP) is 1.76. The van der Waals surface area contributed by atoms with Crippen molar-refractivity contribution in [1.82, 2.24) is 14.9 Å². The summed E-state index contributed by atoms with van der Waals surface area (Å²) in [5.41, 5.74) is 1.36. The van der Waals surface area contributed by atoms with Gasteiger partial charge >= 0.3 is 0 Å². The van der Waals surface area contributed by atoms with Gasteiger partial charge in [-0.05, 0) is 25.8 Å². The van der Waals surface area contributed by atoms with Gasteiger partial charge in [-0.15, -0.1) is 0 Å². The Morgan fingerprint density at radius 3 is 3.36 bits per heavy atom. The van der Waals surface area contributed by atoms with Gasteiger partial charge < -0.3 is 9.88 Å². The molecule has 1 atom stereocenters. The summed E-state index contributed by atoms with van der Waals surface area (Å²) in [7, 11) is 0. The van der Waals surface area contributed by atoms with E-state index in [1.165, 1.54) is 31.5 Å². The van der Waals surface area contributed by atoms with E-state index in [1.807, 2.05) is 12.5 Å². The maximum Gasteiger partial charge on any atom is 0.0951 e. The lowest BCUT2D eigenvalue weighted by Crippen LogP contribution is -2.23. The number of aryl methyl sites for hydroxylation is 1. The van der Waals surface area contributed by atoms with Crippen LogP contribution in [-0.4, -0.2) is 22.6 Å². The number of hydrogen-bond acceptors (Lipinski definition) is 2. The van der Waals surface area contributed by atoms with Gasteiger partial charge in [-0.2, -0.15) is 0 Å².